The fourth-order valence-corrected chi connectivity index (χ4v) is 7.95. The Bertz CT molecular complexity index is 941. The van der Waals surface area contributed by atoms with Crippen molar-refractivity contribution in [2.45, 2.75) is 36.8 Å². The maximum atomic E-state index is 12.5. The molecule has 1 aromatic rings. The standard InChI is InChI=1S/C18H20N2O6S2/c21-17(14-2-1-5-24-14)19-18-20(12-8-28(22,23)9-16(12)27-18)7-11-3-4-13-15(6-11)26-10-25-13/h3-4,6,12,14,16H,1-2,5,7-10H2/t12-,14+,16-/m1/s1. The number of carbonyl (C=O) groups is 1. The van der Waals surface area contributed by atoms with Crippen LogP contribution in [-0.4, -0.2) is 66.7 Å². The number of thioether (sulfide) groups is 1. The normalized spacial score (nSPS) is 31.5. The summed E-state index contributed by atoms with van der Waals surface area (Å²) >= 11 is 1.39. The van der Waals surface area contributed by atoms with Crippen LogP contribution in [0.4, 0.5) is 0 Å². The molecule has 0 spiro atoms. The summed E-state index contributed by atoms with van der Waals surface area (Å²) < 4.78 is 40.5. The van der Waals surface area contributed by atoms with Crippen molar-refractivity contribution < 1.29 is 27.4 Å². The maximum Gasteiger partial charge on any atom is 0.277 e. The summed E-state index contributed by atoms with van der Waals surface area (Å²) in [5.41, 5.74) is 0.951. The van der Waals surface area contributed by atoms with Crippen LogP contribution >= 0.6 is 11.8 Å². The lowest BCUT2D eigenvalue weighted by atomic mass is 10.1. The summed E-state index contributed by atoms with van der Waals surface area (Å²) in [6, 6.07) is 5.48. The van der Waals surface area contributed by atoms with Gasteiger partial charge in [-0.1, -0.05) is 17.8 Å². The molecule has 0 radical (unpaired) electrons. The molecule has 3 atom stereocenters. The third-order valence-electron chi connectivity index (χ3n) is 5.38. The Hall–Kier alpha value is -1.78. The van der Waals surface area contributed by atoms with Crippen molar-refractivity contribution >= 4 is 32.7 Å². The molecular formula is C18H20N2O6S2. The average molecular weight is 425 g/mol. The molecule has 0 N–H and O–H groups in total. The molecule has 3 fully saturated rings. The van der Waals surface area contributed by atoms with E-state index in [1.165, 1.54) is 11.8 Å². The Balaban J connectivity index is 1.42. The van der Waals surface area contributed by atoms with Gasteiger partial charge in [0.25, 0.3) is 5.91 Å². The number of fused-ring (bicyclic) bond motifs is 2. The number of amides is 1. The minimum Gasteiger partial charge on any atom is -0.454 e. The summed E-state index contributed by atoms with van der Waals surface area (Å²) in [4.78, 5) is 18.8. The van der Waals surface area contributed by atoms with Gasteiger partial charge in [0, 0.05) is 18.4 Å². The molecule has 0 aromatic heterocycles. The van der Waals surface area contributed by atoms with Gasteiger partial charge in [0.1, 0.15) is 6.10 Å². The third kappa shape index (κ3) is 3.37. The van der Waals surface area contributed by atoms with Crippen LogP contribution < -0.4 is 9.47 Å². The smallest absolute Gasteiger partial charge is 0.277 e. The summed E-state index contributed by atoms with van der Waals surface area (Å²) in [5, 5.41) is 0.484. The highest BCUT2D eigenvalue weighted by atomic mass is 32.2. The lowest BCUT2D eigenvalue weighted by Gasteiger charge is -2.24. The van der Waals surface area contributed by atoms with E-state index in [1.54, 1.807) is 0 Å². The molecule has 5 rings (SSSR count). The molecule has 10 heteroatoms. The van der Waals surface area contributed by atoms with Crippen LogP contribution in [0.2, 0.25) is 0 Å². The molecule has 0 bridgehead atoms. The number of ether oxygens (including phenoxy) is 3. The predicted octanol–water partition coefficient (Wildman–Crippen LogP) is 1.19. The summed E-state index contributed by atoms with van der Waals surface area (Å²) in [6.45, 7) is 1.24. The first-order valence-electron chi connectivity index (χ1n) is 9.25. The fraction of sp³-hybridized carbons (Fsp3) is 0.556. The van der Waals surface area contributed by atoms with E-state index >= 15 is 0 Å². The molecule has 4 aliphatic heterocycles. The fourth-order valence-electron chi connectivity index (χ4n) is 4.00. The number of hydrogen-bond donors (Lipinski definition) is 0. The number of carbonyl (C=O) groups excluding carboxylic acids is 1. The van der Waals surface area contributed by atoms with Crippen LogP contribution in [0, 0.1) is 0 Å². The number of benzene rings is 1. The third-order valence-corrected chi connectivity index (χ3v) is 8.62. The van der Waals surface area contributed by atoms with E-state index in [2.05, 4.69) is 4.99 Å². The molecular weight excluding hydrogens is 404 g/mol. The number of amidine groups is 1. The molecule has 28 heavy (non-hydrogen) atoms. The number of hydrogen-bond acceptors (Lipinski definition) is 7. The van der Waals surface area contributed by atoms with Gasteiger partial charge in [-0.3, -0.25) is 4.79 Å². The van der Waals surface area contributed by atoms with Crippen LogP contribution in [0.15, 0.2) is 23.2 Å². The van der Waals surface area contributed by atoms with E-state index in [0.29, 0.717) is 36.2 Å². The summed E-state index contributed by atoms with van der Waals surface area (Å²) in [6.07, 6.45) is 1.06. The zero-order valence-electron chi connectivity index (χ0n) is 15.1. The average Bonchev–Trinajstić information content (AvgIpc) is 3.41. The monoisotopic (exact) mass is 424 g/mol. The van der Waals surface area contributed by atoms with Gasteiger partial charge < -0.3 is 19.1 Å². The van der Waals surface area contributed by atoms with Crippen LogP contribution in [0.25, 0.3) is 0 Å². The second kappa shape index (κ2) is 6.93. The molecule has 1 aromatic carbocycles. The largest absolute Gasteiger partial charge is 0.454 e. The first kappa shape index (κ1) is 18.3. The van der Waals surface area contributed by atoms with Gasteiger partial charge in [0.15, 0.2) is 26.5 Å². The quantitative estimate of drug-likeness (QED) is 0.714. The van der Waals surface area contributed by atoms with Gasteiger partial charge in [-0.05, 0) is 30.5 Å². The van der Waals surface area contributed by atoms with Gasteiger partial charge in [-0.2, -0.15) is 4.99 Å². The minimum absolute atomic E-state index is 0.0857. The van der Waals surface area contributed by atoms with E-state index in [1.807, 2.05) is 23.1 Å². The van der Waals surface area contributed by atoms with Crippen molar-refractivity contribution in [1.29, 1.82) is 0 Å². The van der Waals surface area contributed by atoms with Crippen LogP contribution in [0.1, 0.15) is 18.4 Å². The predicted molar refractivity (Wildman–Crippen MR) is 103 cm³/mol. The molecule has 0 saturated carbocycles. The summed E-state index contributed by atoms with van der Waals surface area (Å²) in [5.74, 6) is 1.30. The Kier molecular flexibility index (Phi) is 4.52. The van der Waals surface area contributed by atoms with Crippen molar-refractivity contribution in [3.63, 3.8) is 0 Å². The molecule has 1 amide bonds. The van der Waals surface area contributed by atoms with Crippen LogP contribution in [0.5, 0.6) is 11.5 Å². The maximum absolute atomic E-state index is 12.5. The number of nitrogens with zero attached hydrogens (tertiary/aromatic N) is 2. The van der Waals surface area contributed by atoms with E-state index < -0.39 is 15.9 Å². The number of rotatable bonds is 3. The van der Waals surface area contributed by atoms with Crippen molar-refractivity contribution in [2.75, 3.05) is 24.9 Å². The van der Waals surface area contributed by atoms with Gasteiger partial charge in [0.05, 0.1) is 17.5 Å². The molecule has 8 nitrogen and oxygen atoms in total. The van der Waals surface area contributed by atoms with E-state index in [0.717, 1.165) is 12.0 Å². The Morgan fingerprint density at radius 3 is 2.93 bits per heavy atom. The number of sulfone groups is 1. The van der Waals surface area contributed by atoms with Crippen molar-refractivity contribution in [3.05, 3.63) is 23.8 Å². The topological polar surface area (TPSA) is 94.5 Å². The zero-order valence-corrected chi connectivity index (χ0v) is 16.7. The highest BCUT2D eigenvalue weighted by molar-refractivity contribution is 8.15. The van der Waals surface area contributed by atoms with Gasteiger partial charge in [-0.15, -0.1) is 0 Å². The van der Waals surface area contributed by atoms with Crippen molar-refractivity contribution in [2.24, 2.45) is 4.99 Å². The molecule has 150 valence electrons. The zero-order chi connectivity index (χ0) is 19.3. The summed E-state index contributed by atoms with van der Waals surface area (Å²) in [7, 11) is -3.08. The van der Waals surface area contributed by atoms with Crippen molar-refractivity contribution in [3.8, 4) is 11.5 Å². The van der Waals surface area contributed by atoms with E-state index in [9.17, 15) is 13.2 Å². The van der Waals surface area contributed by atoms with Crippen LogP contribution in [0.3, 0.4) is 0 Å². The number of aliphatic imine (C=N–C) groups is 1. The van der Waals surface area contributed by atoms with E-state index in [-0.39, 0.29) is 35.5 Å². The first-order valence-corrected chi connectivity index (χ1v) is 11.9. The van der Waals surface area contributed by atoms with Gasteiger partial charge in [0.2, 0.25) is 6.79 Å². The Morgan fingerprint density at radius 2 is 2.11 bits per heavy atom. The Labute approximate surface area is 167 Å². The highest BCUT2D eigenvalue weighted by Crippen LogP contribution is 2.40. The van der Waals surface area contributed by atoms with Gasteiger partial charge >= 0.3 is 0 Å². The lowest BCUT2D eigenvalue weighted by molar-refractivity contribution is -0.126. The second-order valence-corrected chi connectivity index (χ2v) is 10.7. The van der Waals surface area contributed by atoms with Crippen LogP contribution in [-0.2, 0) is 25.9 Å². The molecule has 4 aliphatic rings. The van der Waals surface area contributed by atoms with E-state index in [4.69, 9.17) is 14.2 Å². The Morgan fingerprint density at radius 1 is 1.25 bits per heavy atom. The molecule has 3 saturated heterocycles. The lowest BCUT2D eigenvalue weighted by Crippen LogP contribution is -2.37. The van der Waals surface area contributed by atoms with Gasteiger partial charge in [-0.25, -0.2) is 8.42 Å². The molecule has 0 unspecified atom stereocenters. The second-order valence-electron chi connectivity index (χ2n) is 7.35. The molecule has 4 heterocycles. The van der Waals surface area contributed by atoms with Crippen molar-refractivity contribution in [1.82, 2.24) is 4.90 Å². The first-order chi connectivity index (χ1) is 13.5. The minimum atomic E-state index is -3.08. The molecule has 0 aliphatic carbocycles. The SMILES string of the molecule is O=C(N=C1S[C@@H]2CS(=O)(=O)C[C@H]2N1Cc1ccc2c(c1)OCO2)[C@@H]1CCCO1. The highest BCUT2D eigenvalue weighted by Gasteiger charge is 2.49.